The van der Waals surface area contributed by atoms with Crippen LogP contribution in [0.25, 0.3) is 0 Å². The van der Waals surface area contributed by atoms with E-state index in [0.29, 0.717) is 22.9 Å². The van der Waals surface area contributed by atoms with Crippen molar-refractivity contribution in [3.8, 4) is 5.75 Å². The SMILES string of the molecule is COc1ccc(C(C)NCc2ccc(Cl)cc2)c(F)c1. The van der Waals surface area contributed by atoms with Crippen molar-refractivity contribution in [1.29, 1.82) is 0 Å². The fourth-order valence-electron chi connectivity index (χ4n) is 1.97. The third kappa shape index (κ3) is 3.71. The summed E-state index contributed by atoms with van der Waals surface area (Å²) in [6.07, 6.45) is 0. The van der Waals surface area contributed by atoms with Gasteiger partial charge in [-0.15, -0.1) is 0 Å². The van der Waals surface area contributed by atoms with Crippen molar-refractivity contribution < 1.29 is 9.13 Å². The van der Waals surface area contributed by atoms with Crippen molar-refractivity contribution in [2.75, 3.05) is 7.11 Å². The third-order valence-corrected chi connectivity index (χ3v) is 3.45. The first kappa shape index (κ1) is 14.8. The minimum Gasteiger partial charge on any atom is -0.497 e. The molecular weight excluding hydrogens is 277 g/mol. The molecule has 0 saturated heterocycles. The summed E-state index contributed by atoms with van der Waals surface area (Å²) < 4.78 is 18.9. The highest BCUT2D eigenvalue weighted by molar-refractivity contribution is 6.30. The maximum Gasteiger partial charge on any atom is 0.131 e. The van der Waals surface area contributed by atoms with Gasteiger partial charge in [0.1, 0.15) is 11.6 Å². The monoisotopic (exact) mass is 293 g/mol. The van der Waals surface area contributed by atoms with E-state index in [1.54, 1.807) is 12.1 Å². The highest BCUT2D eigenvalue weighted by Crippen LogP contribution is 2.22. The zero-order valence-electron chi connectivity index (χ0n) is 11.5. The van der Waals surface area contributed by atoms with Gasteiger partial charge in [0.25, 0.3) is 0 Å². The molecule has 0 spiro atoms. The number of hydrogen-bond donors (Lipinski definition) is 1. The Bertz CT molecular complexity index is 571. The minimum atomic E-state index is -0.263. The van der Waals surface area contributed by atoms with Crippen LogP contribution >= 0.6 is 11.6 Å². The van der Waals surface area contributed by atoms with Crippen LogP contribution in [0, 0.1) is 5.82 Å². The Morgan fingerprint density at radius 3 is 2.50 bits per heavy atom. The molecule has 0 saturated carbocycles. The van der Waals surface area contributed by atoms with Crippen LogP contribution < -0.4 is 10.1 Å². The van der Waals surface area contributed by atoms with Crippen LogP contribution in [0.2, 0.25) is 5.02 Å². The summed E-state index contributed by atoms with van der Waals surface area (Å²) in [5.74, 6) is 0.261. The molecule has 0 aliphatic heterocycles. The van der Waals surface area contributed by atoms with Gasteiger partial charge in [0.15, 0.2) is 0 Å². The van der Waals surface area contributed by atoms with Crippen LogP contribution in [0.3, 0.4) is 0 Å². The third-order valence-electron chi connectivity index (χ3n) is 3.20. The molecule has 4 heteroatoms. The first-order valence-electron chi connectivity index (χ1n) is 6.41. The second kappa shape index (κ2) is 6.73. The highest BCUT2D eigenvalue weighted by Gasteiger charge is 2.11. The van der Waals surface area contributed by atoms with E-state index in [2.05, 4.69) is 5.32 Å². The lowest BCUT2D eigenvalue weighted by molar-refractivity contribution is 0.409. The molecule has 0 aromatic heterocycles. The van der Waals surface area contributed by atoms with Crippen molar-refractivity contribution >= 4 is 11.6 Å². The van der Waals surface area contributed by atoms with Gasteiger partial charge >= 0.3 is 0 Å². The van der Waals surface area contributed by atoms with E-state index in [1.807, 2.05) is 31.2 Å². The van der Waals surface area contributed by atoms with Gasteiger partial charge in [-0.2, -0.15) is 0 Å². The van der Waals surface area contributed by atoms with Gasteiger partial charge in [0.2, 0.25) is 0 Å². The zero-order chi connectivity index (χ0) is 14.5. The van der Waals surface area contributed by atoms with E-state index >= 15 is 0 Å². The molecule has 0 fully saturated rings. The molecular formula is C16H17ClFNO. The molecule has 1 atom stereocenters. The Balaban J connectivity index is 2.01. The number of benzene rings is 2. The Labute approximate surface area is 123 Å². The van der Waals surface area contributed by atoms with Gasteiger partial charge in [-0.05, 0) is 30.7 Å². The Morgan fingerprint density at radius 1 is 1.20 bits per heavy atom. The van der Waals surface area contributed by atoms with E-state index in [0.717, 1.165) is 5.56 Å². The van der Waals surface area contributed by atoms with Gasteiger partial charge in [-0.25, -0.2) is 4.39 Å². The average molecular weight is 294 g/mol. The van der Waals surface area contributed by atoms with Crippen LogP contribution in [0.4, 0.5) is 4.39 Å². The number of ether oxygens (including phenoxy) is 1. The number of methoxy groups -OCH3 is 1. The molecule has 0 radical (unpaired) electrons. The second-order valence-electron chi connectivity index (χ2n) is 4.62. The normalized spacial score (nSPS) is 12.2. The van der Waals surface area contributed by atoms with E-state index in [9.17, 15) is 4.39 Å². The van der Waals surface area contributed by atoms with Crippen molar-refractivity contribution in [3.63, 3.8) is 0 Å². The van der Waals surface area contributed by atoms with Gasteiger partial charge in [-0.1, -0.05) is 29.8 Å². The predicted molar refractivity (Wildman–Crippen MR) is 79.7 cm³/mol. The summed E-state index contributed by atoms with van der Waals surface area (Å²) in [5.41, 5.74) is 1.73. The molecule has 0 bridgehead atoms. The van der Waals surface area contributed by atoms with Gasteiger partial charge < -0.3 is 10.1 Å². The van der Waals surface area contributed by atoms with Crippen molar-refractivity contribution in [2.24, 2.45) is 0 Å². The number of hydrogen-bond acceptors (Lipinski definition) is 2. The lowest BCUT2D eigenvalue weighted by Crippen LogP contribution is -2.19. The van der Waals surface area contributed by atoms with E-state index in [4.69, 9.17) is 16.3 Å². The smallest absolute Gasteiger partial charge is 0.131 e. The molecule has 2 aromatic rings. The van der Waals surface area contributed by atoms with Crippen molar-refractivity contribution in [2.45, 2.75) is 19.5 Å². The summed E-state index contributed by atoms with van der Waals surface area (Å²) in [7, 11) is 1.52. The summed E-state index contributed by atoms with van der Waals surface area (Å²) in [4.78, 5) is 0. The molecule has 2 aromatic carbocycles. The molecule has 0 amide bonds. The average Bonchev–Trinajstić information content (AvgIpc) is 2.46. The largest absolute Gasteiger partial charge is 0.497 e. The molecule has 1 N–H and O–H groups in total. The highest BCUT2D eigenvalue weighted by atomic mass is 35.5. The van der Waals surface area contributed by atoms with Crippen LogP contribution in [0.1, 0.15) is 24.1 Å². The Kier molecular flexibility index (Phi) is 4.99. The first-order valence-corrected chi connectivity index (χ1v) is 6.79. The zero-order valence-corrected chi connectivity index (χ0v) is 12.2. The minimum absolute atomic E-state index is 0.0865. The number of halogens is 2. The van der Waals surface area contributed by atoms with Crippen LogP contribution in [-0.2, 0) is 6.54 Å². The Hall–Kier alpha value is -1.58. The fraction of sp³-hybridized carbons (Fsp3) is 0.250. The quantitative estimate of drug-likeness (QED) is 0.885. The summed E-state index contributed by atoms with van der Waals surface area (Å²) in [6, 6.07) is 12.4. The predicted octanol–water partition coefficient (Wildman–Crippen LogP) is 4.34. The number of nitrogens with one attached hydrogen (secondary N) is 1. The molecule has 2 rings (SSSR count). The van der Waals surface area contributed by atoms with Crippen molar-refractivity contribution in [3.05, 3.63) is 64.4 Å². The van der Waals surface area contributed by atoms with Crippen LogP contribution in [0.15, 0.2) is 42.5 Å². The Morgan fingerprint density at radius 2 is 1.90 bits per heavy atom. The standard InChI is InChI=1S/C16H17ClFNO/c1-11(15-8-7-14(20-2)9-16(15)18)19-10-12-3-5-13(17)6-4-12/h3-9,11,19H,10H2,1-2H3. The first-order chi connectivity index (χ1) is 9.60. The van der Waals surface area contributed by atoms with E-state index in [-0.39, 0.29) is 11.9 Å². The molecule has 20 heavy (non-hydrogen) atoms. The maximum atomic E-state index is 13.9. The van der Waals surface area contributed by atoms with Crippen molar-refractivity contribution in [1.82, 2.24) is 5.32 Å². The molecule has 106 valence electrons. The lowest BCUT2D eigenvalue weighted by Gasteiger charge is -2.15. The maximum absolute atomic E-state index is 13.9. The fourth-order valence-corrected chi connectivity index (χ4v) is 2.10. The second-order valence-corrected chi connectivity index (χ2v) is 5.05. The molecule has 1 unspecified atom stereocenters. The molecule has 0 aliphatic carbocycles. The van der Waals surface area contributed by atoms with E-state index < -0.39 is 0 Å². The van der Waals surface area contributed by atoms with Gasteiger partial charge in [0.05, 0.1) is 7.11 Å². The molecule has 2 nitrogen and oxygen atoms in total. The summed E-state index contributed by atoms with van der Waals surface area (Å²) >= 11 is 5.84. The van der Waals surface area contributed by atoms with Crippen LogP contribution in [-0.4, -0.2) is 7.11 Å². The molecule has 0 heterocycles. The summed E-state index contributed by atoms with van der Waals surface area (Å²) in [5, 5.41) is 4.00. The topological polar surface area (TPSA) is 21.3 Å². The lowest BCUT2D eigenvalue weighted by atomic mass is 10.1. The number of rotatable bonds is 5. The molecule has 0 aliphatic rings. The van der Waals surface area contributed by atoms with Crippen LogP contribution in [0.5, 0.6) is 5.75 Å². The van der Waals surface area contributed by atoms with Gasteiger partial charge in [0, 0.05) is 29.2 Å². The summed E-state index contributed by atoms with van der Waals surface area (Å²) in [6.45, 7) is 2.59. The van der Waals surface area contributed by atoms with E-state index in [1.165, 1.54) is 13.2 Å². The van der Waals surface area contributed by atoms with Gasteiger partial charge in [-0.3, -0.25) is 0 Å².